The van der Waals surface area contributed by atoms with Gasteiger partial charge in [0.25, 0.3) is 0 Å². The summed E-state index contributed by atoms with van der Waals surface area (Å²) in [5, 5.41) is 13.4. The van der Waals surface area contributed by atoms with Crippen molar-refractivity contribution in [3.63, 3.8) is 0 Å². The van der Waals surface area contributed by atoms with Gasteiger partial charge in [-0.15, -0.1) is 5.10 Å². The molecule has 2 aromatic carbocycles. The zero-order valence-corrected chi connectivity index (χ0v) is 11.5. The number of benzene rings is 2. The Labute approximate surface area is 126 Å². The van der Waals surface area contributed by atoms with Crippen LogP contribution in [-0.2, 0) is 0 Å². The van der Waals surface area contributed by atoms with Gasteiger partial charge in [0, 0.05) is 0 Å². The maximum Gasteiger partial charge on any atom is 0.341 e. The standard InChI is InChI=1S/C15H9ClN4O/c16-13-8-11(9-17)6-7-14(13)21-15-18-10-20(19-15)12-4-2-1-3-5-12/h1-8,10H. The molecule has 21 heavy (non-hydrogen) atoms. The Hall–Kier alpha value is -2.84. The number of hydrogen-bond donors (Lipinski definition) is 0. The Morgan fingerprint density at radius 2 is 1.95 bits per heavy atom. The molecular weight excluding hydrogens is 288 g/mol. The fourth-order valence-electron chi connectivity index (χ4n) is 1.75. The molecule has 102 valence electrons. The van der Waals surface area contributed by atoms with Gasteiger partial charge in [-0.25, -0.2) is 4.68 Å². The summed E-state index contributed by atoms with van der Waals surface area (Å²) < 4.78 is 7.13. The SMILES string of the molecule is N#Cc1ccc(Oc2ncn(-c3ccccc3)n2)c(Cl)c1. The summed E-state index contributed by atoms with van der Waals surface area (Å²) in [6.45, 7) is 0. The second-order valence-corrected chi connectivity index (χ2v) is 4.57. The quantitative estimate of drug-likeness (QED) is 0.741. The number of para-hydroxylation sites is 1. The average Bonchev–Trinajstić information content (AvgIpc) is 2.99. The van der Waals surface area contributed by atoms with E-state index in [1.807, 2.05) is 36.4 Å². The van der Waals surface area contributed by atoms with Gasteiger partial charge >= 0.3 is 6.01 Å². The van der Waals surface area contributed by atoms with E-state index in [9.17, 15) is 0 Å². The van der Waals surface area contributed by atoms with E-state index >= 15 is 0 Å². The third kappa shape index (κ3) is 2.86. The fourth-order valence-corrected chi connectivity index (χ4v) is 1.97. The summed E-state index contributed by atoms with van der Waals surface area (Å²) in [5.41, 5.74) is 1.35. The van der Waals surface area contributed by atoms with Crippen molar-refractivity contribution in [3.05, 3.63) is 65.4 Å². The third-order valence-electron chi connectivity index (χ3n) is 2.75. The first-order chi connectivity index (χ1) is 10.3. The summed E-state index contributed by atoms with van der Waals surface area (Å²) >= 11 is 6.04. The second-order valence-electron chi connectivity index (χ2n) is 4.17. The molecule has 5 nitrogen and oxygen atoms in total. The highest BCUT2D eigenvalue weighted by molar-refractivity contribution is 6.32. The van der Waals surface area contributed by atoms with E-state index in [4.69, 9.17) is 21.6 Å². The van der Waals surface area contributed by atoms with Crippen LogP contribution < -0.4 is 4.74 Å². The topological polar surface area (TPSA) is 63.7 Å². The summed E-state index contributed by atoms with van der Waals surface area (Å²) in [5.74, 6) is 0.404. The van der Waals surface area contributed by atoms with Crippen molar-refractivity contribution < 1.29 is 4.74 Å². The second kappa shape index (κ2) is 5.65. The number of hydrogen-bond acceptors (Lipinski definition) is 4. The number of rotatable bonds is 3. The molecule has 0 bridgehead atoms. The lowest BCUT2D eigenvalue weighted by molar-refractivity contribution is 0.441. The molecule has 0 aliphatic heterocycles. The molecule has 0 fully saturated rings. The Bertz CT molecular complexity index is 808. The minimum atomic E-state index is 0.186. The van der Waals surface area contributed by atoms with E-state index < -0.39 is 0 Å². The van der Waals surface area contributed by atoms with Crippen molar-refractivity contribution in [3.8, 4) is 23.5 Å². The maximum absolute atomic E-state index is 8.79. The van der Waals surface area contributed by atoms with Gasteiger partial charge < -0.3 is 4.74 Å². The van der Waals surface area contributed by atoms with Crippen molar-refractivity contribution in [2.75, 3.05) is 0 Å². The molecule has 0 unspecified atom stereocenters. The number of aromatic nitrogens is 3. The van der Waals surface area contributed by atoms with Crippen LogP contribution in [-0.4, -0.2) is 14.8 Å². The molecular formula is C15H9ClN4O. The van der Waals surface area contributed by atoms with Gasteiger partial charge in [0.15, 0.2) is 0 Å². The molecule has 0 aliphatic carbocycles. The lowest BCUT2D eigenvalue weighted by Gasteiger charge is -2.03. The largest absolute Gasteiger partial charge is 0.422 e. The Kier molecular flexibility index (Phi) is 3.54. The fraction of sp³-hybridized carbons (Fsp3) is 0. The van der Waals surface area contributed by atoms with Gasteiger partial charge in [0.05, 0.1) is 22.3 Å². The summed E-state index contributed by atoms with van der Waals surface area (Å²) in [6, 6.07) is 16.5. The van der Waals surface area contributed by atoms with Crippen molar-refractivity contribution in [2.24, 2.45) is 0 Å². The first-order valence-corrected chi connectivity index (χ1v) is 6.48. The molecule has 0 atom stereocenters. The molecule has 1 heterocycles. The Balaban J connectivity index is 1.84. The zero-order valence-electron chi connectivity index (χ0n) is 10.8. The summed E-state index contributed by atoms with van der Waals surface area (Å²) in [7, 11) is 0. The predicted octanol–water partition coefficient (Wildman–Crippen LogP) is 3.58. The van der Waals surface area contributed by atoms with Crippen LogP contribution >= 0.6 is 11.6 Å². The lowest BCUT2D eigenvalue weighted by Crippen LogP contribution is -1.94. The smallest absolute Gasteiger partial charge is 0.341 e. The molecule has 0 saturated carbocycles. The molecule has 0 spiro atoms. The molecule has 0 radical (unpaired) electrons. The van der Waals surface area contributed by atoms with Crippen LogP contribution in [0.1, 0.15) is 5.56 Å². The van der Waals surface area contributed by atoms with Crippen LogP contribution in [0.15, 0.2) is 54.9 Å². The maximum atomic E-state index is 8.79. The van der Waals surface area contributed by atoms with E-state index in [0.29, 0.717) is 16.3 Å². The molecule has 3 aromatic rings. The summed E-state index contributed by atoms with van der Waals surface area (Å²) in [4.78, 5) is 4.08. The Morgan fingerprint density at radius 3 is 2.67 bits per heavy atom. The number of nitriles is 1. The van der Waals surface area contributed by atoms with Crippen LogP contribution in [0.25, 0.3) is 5.69 Å². The molecule has 1 aromatic heterocycles. The van der Waals surface area contributed by atoms with Crippen molar-refractivity contribution in [1.29, 1.82) is 5.26 Å². The molecule has 0 amide bonds. The van der Waals surface area contributed by atoms with Gasteiger partial charge in [-0.1, -0.05) is 29.8 Å². The van der Waals surface area contributed by atoms with Gasteiger partial charge in [0.2, 0.25) is 0 Å². The van der Waals surface area contributed by atoms with Crippen LogP contribution in [0, 0.1) is 11.3 Å². The highest BCUT2D eigenvalue weighted by atomic mass is 35.5. The van der Waals surface area contributed by atoms with E-state index in [-0.39, 0.29) is 6.01 Å². The van der Waals surface area contributed by atoms with E-state index in [0.717, 1.165) is 5.69 Å². The third-order valence-corrected chi connectivity index (χ3v) is 3.05. The normalized spacial score (nSPS) is 10.1. The highest BCUT2D eigenvalue weighted by Gasteiger charge is 2.08. The van der Waals surface area contributed by atoms with Crippen molar-refractivity contribution in [2.45, 2.75) is 0 Å². The van der Waals surface area contributed by atoms with Gasteiger partial charge in [-0.3, -0.25) is 0 Å². The van der Waals surface area contributed by atoms with Crippen molar-refractivity contribution >= 4 is 11.6 Å². The van der Waals surface area contributed by atoms with E-state index in [1.54, 1.807) is 23.1 Å². The van der Waals surface area contributed by atoms with Crippen LogP contribution in [0.5, 0.6) is 11.8 Å². The highest BCUT2D eigenvalue weighted by Crippen LogP contribution is 2.28. The number of nitrogens with zero attached hydrogens (tertiary/aromatic N) is 4. The van der Waals surface area contributed by atoms with Gasteiger partial charge in [-0.2, -0.15) is 10.2 Å². The predicted molar refractivity (Wildman–Crippen MR) is 77.6 cm³/mol. The van der Waals surface area contributed by atoms with Gasteiger partial charge in [0.1, 0.15) is 12.1 Å². The first-order valence-electron chi connectivity index (χ1n) is 6.11. The van der Waals surface area contributed by atoms with Crippen LogP contribution in [0.4, 0.5) is 0 Å². The molecule has 0 saturated heterocycles. The van der Waals surface area contributed by atoms with Crippen molar-refractivity contribution in [1.82, 2.24) is 14.8 Å². The number of halogens is 1. The lowest BCUT2D eigenvalue weighted by atomic mass is 10.2. The number of ether oxygens (including phenoxy) is 1. The first kappa shape index (κ1) is 13.2. The van der Waals surface area contributed by atoms with E-state index in [1.165, 1.54) is 6.07 Å². The Morgan fingerprint density at radius 1 is 1.14 bits per heavy atom. The monoisotopic (exact) mass is 296 g/mol. The molecule has 6 heteroatoms. The molecule has 0 N–H and O–H groups in total. The average molecular weight is 297 g/mol. The van der Waals surface area contributed by atoms with Crippen LogP contribution in [0.2, 0.25) is 5.02 Å². The van der Waals surface area contributed by atoms with E-state index in [2.05, 4.69) is 10.1 Å². The van der Waals surface area contributed by atoms with Gasteiger partial charge in [-0.05, 0) is 30.3 Å². The molecule has 0 aliphatic rings. The van der Waals surface area contributed by atoms with Crippen LogP contribution in [0.3, 0.4) is 0 Å². The summed E-state index contributed by atoms with van der Waals surface area (Å²) in [6.07, 6.45) is 1.56. The zero-order chi connectivity index (χ0) is 14.7. The minimum Gasteiger partial charge on any atom is -0.422 e. The molecule has 3 rings (SSSR count). The minimum absolute atomic E-state index is 0.186.